The van der Waals surface area contributed by atoms with E-state index in [2.05, 4.69) is 31.4 Å². The molecule has 3 aromatic rings. The average molecular weight is 392 g/mol. The molecule has 1 amide bonds. The summed E-state index contributed by atoms with van der Waals surface area (Å²) in [6.07, 6.45) is 4.98. The van der Waals surface area contributed by atoms with Gasteiger partial charge in [0.25, 0.3) is 5.91 Å². The van der Waals surface area contributed by atoms with Gasteiger partial charge in [0.2, 0.25) is 0 Å². The number of nitrogens with one attached hydrogen (secondary N) is 1. The van der Waals surface area contributed by atoms with Crippen LogP contribution < -0.4 is 5.32 Å². The van der Waals surface area contributed by atoms with Crippen molar-refractivity contribution in [1.82, 2.24) is 19.6 Å². The van der Waals surface area contributed by atoms with Crippen molar-refractivity contribution < 1.29 is 9.18 Å². The normalized spacial score (nSPS) is 10.8. The molecule has 0 spiro atoms. The van der Waals surface area contributed by atoms with E-state index in [4.69, 9.17) is 0 Å². The summed E-state index contributed by atoms with van der Waals surface area (Å²) < 4.78 is 17.1. The number of hydrogen-bond acceptors (Lipinski definition) is 3. The minimum absolute atomic E-state index is 0.287. The van der Waals surface area contributed by atoms with Crippen molar-refractivity contribution in [3.63, 3.8) is 0 Å². The maximum absolute atomic E-state index is 13.2. The van der Waals surface area contributed by atoms with Crippen LogP contribution in [0.5, 0.6) is 0 Å². The van der Waals surface area contributed by atoms with Crippen LogP contribution in [0.2, 0.25) is 0 Å². The monoisotopic (exact) mass is 391 g/mol. The topological polar surface area (TPSA) is 64.7 Å². The third-order valence-electron chi connectivity index (χ3n) is 3.38. The van der Waals surface area contributed by atoms with Crippen LogP contribution >= 0.6 is 15.9 Å². The van der Waals surface area contributed by atoms with Crippen molar-refractivity contribution in [3.05, 3.63) is 64.4 Å². The van der Waals surface area contributed by atoms with Gasteiger partial charge < -0.3 is 5.32 Å². The highest BCUT2D eigenvalue weighted by molar-refractivity contribution is 9.10. The maximum atomic E-state index is 13.2. The SMILES string of the molecule is CCn1cc(Br)c(C(=O)Nc2cnn(Cc3cccc(F)c3)c2)n1. The molecule has 0 aliphatic heterocycles. The number of aryl methyl sites for hydroxylation is 1. The van der Waals surface area contributed by atoms with Gasteiger partial charge in [-0.15, -0.1) is 0 Å². The molecule has 1 aromatic carbocycles. The first-order chi connectivity index (χ1) is 11.5. The molecule has 0 aliphatic carbocycles. The number of halogens is 2. The number of hydrogen-bond donors (Lipinski definition) is 1. The fourth-order valence-corrected chi connectivity index (χ4v) is 2.74. The predicted octanol–water partition coefficient (Wildman–Crippen LogP) is 3.30. The molecule has 0 aliphatic rings. The molecule has 0 radical (unpaired) electrons. The van der Waals surface area contributed by atoms with Crippen LogP contribution in [0.1, 0.15) is 23.0 Å². The van der Waals surface area contributed by atoms with Crippen molar-refractivity contribution in [1.29, 1.82) is 0 Å². The molecule has 1 N–H and O–H groups in total. The minimum Gasteiger partial charge on any atom is -0.318 e. The maximum Gasteiger partial charge on any atom is 0.277 e. The van der Waals surface area contributed by atoms with E-state index >= 15 is 0 Å². The number of amides is 1. The Morgan fingerprint density at radius 3 is 2.88 bits per heavy atom. The van der Waals surface area contributed by atoms with Gasteiger partial charge in [-0.1, -0.05) is 12.1 Å². The Labute approximate surface area is 146 Å². The van der Waals surface area contributed by atoms with Gasteiger partial charge in [0.05, 0.1) is 22.9 Å². The highest BCUT2D eigenvalue weighted by atomic mass is 79.9. The van der Waals surface area contributed by atoms with Gasteiger partial charge in [0, 0.05) is 18.9 Å². The summed E-state index contributed by atoms with van der Waals surface area (Å²) >= 11 is 3.33. The summed E-state index contributed by atoms with van der Waals surface area (Å²) in [5.41, 5.74) is 1.66. The molecule has 2 heterocycles. The van der Waals surface area contributed by atoms with E-state index in [1.165, 1.54) is 12.1 Å². The lowest BCUT2D eigenvalue weighted by Crippen LogP contribution is -2.13. The second-order valence-corrected chi connectivity index (χ2v) is 6.05. The second-order valence-electron chi connectivity index (χ2n) is 5.19. The van der Waals surface area contributed by atoms with Gasteiger partial charge >= 0.3 is 0 Å². The highest BCUT2D eigenvalue weighted by Gasteiger charge is 2.15. The fraction of sp³-hybridized carbons (Fsp3) is 0.188. The lowest BCUT2D eigenvalue weighted by atomic mass is 10.2. The minimum atomic E-state index is -0.320. The number of nitrogens with zero attached hydrogens (tertiary/aromatic N) is 4. The molecular weight excluding hydrogens is 377 g/mol. The second kappa shape index (κ2) is 6.96. The van der Waals surface area contributed by atoms with Gasteiger partial charge in [0.15, 0.2) is 5.69 Å². The molecule has 2 aromatic heterocycles. The molecule has 0 bridgehead atoms. The van der Waals surface area contributed by atoms with Crippen LogP contribution in [0.4, 0.5) is 10.1 Å². The zero-order chi connectivity index (χ0) is 17.1. The Kier molecular flexibility index (Phi) is 4.75. The molecule has 0 atom stereocenters. The third kappa shape index (κ3) is 3.70. The van der Waals surface area contributed by atoms with Crippen LogP contribution in [0.25, 0.3) is 0 Å². The molecular formula is C16H15BrFN5O. The summed E-state index contributed by atoms with van der Waals surface area (Å²) in [7, 11) is 0. The van der Waals surface area contributed by atoms with E-state index in [1.54, 1.807) is 34.0 Å². The van der Waals surface area contributed by atoms with Crippen LogP contribution in [0, 0.1) is 5.82 Å². The first-order valence-corrected chi connectivity index (χ1v) is 8.15. The first-order valence-electron chi connectivity index (χ1n) is 7.36. The highest BCUT2D eigenvalue weighted by Crippen LogP contribution is 2.17. The lowest BCUT2D eigenvalue weighted by molar-refractivity contribution is 0.102. The van der Waals surface area contributed by atoms with Crippen molar-refractivity contribution in [2.45, 2.75) is 20.0 Å². The van der Waals surface area contributed by atoms with E-state index in [0.717, 1.165) is 5.56 Å². The number of carbonyl (C=O) groups excluding carboxylic acids is 1. The number of carbonyl (C=O) groups is 1. The number of aromatic nitrogens is 4. The van der Waals surface area contributed by atoms with Crippen LogP contribution in [-0.4, -0.2) is 25.5 Å². The smallest absolute Gasteiger partial charge is 0.277 e. The molecule has 0 fully saturated rings. The van der Waals surface area contributed by atoms with Gasteiger partial charge in [-0.3, -0.25) is 14.2 Å². The average Bonchev–Trinajstić information content (AvgIpc) is 3.13. The quantitative estimate of drug-likeness (QED) is 0.725. The Balaban J connectivity index is 1.69. The van der Waals surface area contributed by atoms with Crippen LogP contribution in [0.3, 0.4) is 0 Å². The standard InChI is InChI=1S/C16H15BrFN5O/c1-2-22-10-14(17)15(21-22)16(24)20-13-7-19-23(9-13)8-11-4-3-5-12(18)6-11/h3-7,9-10H,2,8H2,1H3,(H,20,24). The Morgan fingerprint density at radius 1 is 1.33 bits per heavy atom. The molecule has 124 valence electrons. The third-order valence-corrected chi connectivity index (χ3v) is 3.96. The van der Waals surface area contributed by atoms with E-state index < -0.39 is 0 Å². The van der Waals surface area contributed by atoms with Gasteiger partial charge in [-0.25, -0.2) is 4.39 Å². The van der Waals surface area contributed by atoms with Crippen molar-refractivity contribution in [2.75, 3.05) is 5.32 Å². The van der Waals surface area contributed by atoms with Crippen LogP contribution in [0.15, 0.2) is 47.3 Å². The van der Waals surface area contributed by atoms with Gasteiger partial charge in [0.1, 0.15) is 5.82 Å². The zero-order valence-corrected chi connectivity index (χ0v) is 14.5. The zero-order valence-electron chi connectivity index (χ0n) is 12.9. The predicted molar refractivity (Wildman–Crippen MR) is 91.3 cm³/mol. The molecule has 0 unspecified atom stereocenters. The van der Waals surface area contributed by atoms with Crippen molar-refractivity contribution in [3.8, 4) is 0 Å². The van der Waals surface area contributed by atoms with E-state index in [0.29, 0.717) is 28.9 Å². The van der Waals surface area contributed by atoms with Crippen molar-refractivity contribution in [2.24, 2.45) is 0 Å². The Morgan fingerprint density at radius 2 is 2.17 bits per heavy atom. The Bertz CT molecular complexity index is 873. The Hall–Kier alpha value is -2.48. The summed E-state index contributed by atoms with van der Waals surface area (Å²) in [4.78, 5) is 12.3. The lowest BCUT2D eigenvalue weighted by Gasteiger charge is -2.02. The first kappa shape index (κ1) is 16.4. The molecule has 0 saturated heterocycles. The van der Waals surface area contributed by atoms with Gasteiger partial charge in [-0.05, 0) is 40.5 Å². The van der Waals surface area contributed by atoms with Crippen molar-refractivity contribution >= 4 is 27.5 Å². The molecule has 3 rings (SSSR count). The van der Waals surface area contributed by atoms with Gasteiger partial charge in [-0.2, -0.15) is 10.2 Å². The molecule has 6 nitrogen and oxygen atoms in total. The summed E-state index contributed by atoms with van der Waals surface area (Å²) in [6, 6.07) is 6.32. The molecule has 24 heavy (non-hydrogen) atoms. The van der Waals surface area contributed by atoms with E-state index in [-0.39, 0.29) is 11.7 Å². The summed E-state index contributed by atoms with van der Waals surface area (Å²) in [6.45, 7) is 3.04. The summed E-state index contributed by atoms with van der Waals surface area (Å²) in [5.74, 6) is -0.607. The molecule has 0 saturated carbocycles. The summed E-state index contributed by atoms with van der Waals surface area (Å²) in [5, 5.41) is 11.1. The van der Waals surface area contributed by atoms with Crippen LogP contribution in [-0.2, 0) is 13.1 Å². The molecule has 8 heteroatoms. The van der Waals surface area contributed by atoms with E-state index in [9.17, 15) is 9.18 Å². The number of rotatable bonds is 5. The van der Waals surface area contributed by atoms with E-state index in [1.807, 2.05) is 13.0 Å². The number of benzene rings is 1. The fourth-order valence-electron chi connectivity index (χ4n) is 2.24. The largest absolute Gasteiger partial charge is 0.318 e. The number of anilines is 1.